The number of nitrogens with one attached hydrogen (secondary N) is 2. The molecule has 0 aliphatic carbocycles. The molecule has 0 heterocycles. The van der Waals surface area contributed by atoms with E-state index in [-0.39, 0.29) is 17.9 Å². The molecule has 1 atom stereocenters. The number of hydrogen-bond donors (Lipinski definition) is 3. The van der Waals surface area contributed by atoms with E-state index in [2.05, 4.69) is 10.6 Å². The van der Waals surface area contributed by atoms with Gasteiger partial charge in [0.1, 0.15) is 0 Å². The summed E-state index contributed by atoms with van der Waals surface area (Å²) >= 11 is 0. The standard InChI is InChI=1S/C19H23N3O2/c1-2-11-21-18(23)15-9-6-10-16(12-15)19(24)22-13-17(20)14-7-4-3-5-8-14/h3-10,12,17H,2,11,13,20H2,1H3,(H,21,23)(H,22,24). The second kappa shape index (κ2) is 8.84. The Morgan fingerprint density at radius 1 is 0.958 bits per heavy atom. The highest BCUT2D eigenvalue weighted by Crippen LogP contribution is 2.09. The number of carbonyl (C=O) groups is 2. The monoisotopic (exact) mass is 325 g/mol. The number of amides is 2. The predicted octanol–water partition coefficient (Wildman–Crippen LogP) is 2.26. The minimum absolute atomic E-state index is 0.174. The molecule has 2 aromatic rings. The average Bonchev–Trinajstić information content (AvgIpc) is 2.64. The molecule has 0 aliphatic rings. The third-order valence-corrected chi connectivity index (χ3v) is 3.63. The molecule has 2 amide bonds. The van der Waals surface area contributed by atoms with Crippen LogP contribution in [0.5, 0.6) is 0 Å². The molecule has 1 unspecified atom stereocenters. The molecule has 24 heavy (non-hydrogen) atoms. The van der Waals surface area contributed by atoms with Gasteiger partial charge in [0.2, 0.25) is 0 Å². The Morgan fingerprint density at radius 2 is 1.58 bits per heavy atom. The van der Waals surface area contributed by atoms with Crippen LogP contribution in [0, 0.1) is 0 Å². The quantitative estimate of drug-likeness (QED) is 0.730. The topological polar surface area (TPSA) is 84.2 Å². The van der Waals surface area contributed by atoms with Crippen LogP contribution in [0.2, 0.25) is 0 Å². The molecule has 0 saturated heterocycles. The summed E-state index contributed by atoms with van der Waals surface area (Å²) in [4.78, 5) is 24.2. The molecule has 0 aromatic heterocycles. The normalized spacial score (nSPS) is 11.6. The third-order valence-electron chi connectivity index (χ3n) is 3.63. The maximum Gasteiger partial charge on any atom is 0.251 e. The Hall–Kier alpha value is -2.66. The lowest BCUT2D eigenvalue weighted by Crippen LogP contribution is -2.32. The number of nitrogens with two attached hydrogens (primary N) is 1. The van der Waals surface area contributed by atoms with Crippen molar-refractivity contribution in [3.05, 3.63) is 71.3 Å². The van der Waals surface area contributed by atoms with Crippen LogP contribution in [0.1, 0.15) is 45.7 Å². The van der Waals surface area contributed by atoms with Crippen molar-refractivity contribution in [3.63, 3.8) is 0 Å². The van der Waals surface area contributed by atoms with Crippen molar-refractivity contribution in [2.24, 2.45) is 5.73 Å². The summed E-state index contributed by atoms with van der Waals surface area (Å²) in [7, 11) is 0. The highest BCUT2D eigenvalue weighted by atomic mass is 16.2. The zero-order valence-corrected chi connectivity index (χ0v) is 13.8. The fourth-order valence-electron chi connectivity index (χ4n) is 2.27. The Labute approximate surface area is 142 Å². The first-order chi connectivity index (χ1) is 11.6. The van der Waals surface area contributed by atoms with Crippen LogP contribution in [-0.2, 0) is 0 Å². The van der Waals surface area contributed by atoms with E-state index in [4.69, 9.17) is 5.73 Å². The minimum atomic E-state index is -0.272. The molecule has 0 saturated carbocycles. The maximum absolute atomic E-state index is 12.3. The summed E-state index contributed by atoms with van der Waals surface area (Å²) in [5, 5.41) is 5.61. The van der Waals surface area contributed by atoms with Gasteiger partial charge in [-0.15, -0.1) is 0 Å². The summed E-state index contributed by atoms with van der Waals surface area (Å²) in [6.07, 6.45) is 0.864. The average molecular weight is 325 g/mol. The molecular formula is C19H23N3O2. The number of benzene rings is 2. The molecule has 2 rings (SSSR count). The van der Waals surface area contributed by atoms with Gasteiger partial charge in [-0.05, 0) is 30.2 Å². The highest BCUT2D eigenvalue weighted by Gasteiger charge is 2.12. The SMILES string of the molecule is CCCNC(=O)c1cccc(C(=O)NCC(N)c2ccccc2)c1. The van der Waals surface area contributed by atoms with Crippen molar-refractivity contribution in [1.82, 2.24) is 10.6 Å². The zero-order valence-electron chi connectivity index (χ0n) is 13.8. The second-order valence-corrected chi connectivity index (χ2v) is 5.56. The first-order valence-corrected chi connectivity index (χ1v) is 8.08. The van der Waals surface area contributed by atoms with E-state index in [1.54, 1.807) is 24.3 Å². The molecule has 2 aromatic carbocycles. The molecule has 0 bridgehead atoms. The van der Waals surface area contributed by atoms with Crippen LogP contribution in [0.25, 0.3) is 0 Å². The fraction of sp³-hybridized carbons (Fsp3) is 0.263. The second-order valence-electron chi connectivity index (χ2n) is 5.56. The van der Waals surface area contributed by atoms with Gasteiger partial charge >= 0.3 is 0 Å². The van der Waals surface area contributed by atoms with Gasteiger partial charge in [0.15, 0.2) is 0 Å². The molecule has 126 valence electrons. The van der Waals surface area contributed by atoms with Crippen LogP contribution in [0.15, 0.2) is 54.6 Å². The van der Waals surface area contributed by atoms with E-state index >= 15 is 0 Å². The van der Waals surface area contributed by atoms with Gasteiger partial charge in [-0.25, -0.2) is 0 Å². The lowest BCUT2D eigenvalue weighted by molar-refractivity contribution is 0.0951. The molecule has 0 fully saturated rings. The minimum Gasteiger partial charge on any atom is -0.352 e. The lowest BCUT2D eigenvalue weighted by atomic mass is 10.1. The first-order valence-electron chi connectivity index (χ1n) is 8.08. The van der Waals surface area contributed by atoms with Crippen molar-refractivity contribution >= 4 is 11.8 Å². The zero-order chi connectivity index (χ0) is 17.4. The fourth-order valence-corrected chi connectivity index (χ4v) is 2.27. The van der Waals surface area contributed by atoms with Crippen LogP contribution < -0.4 is 16.4 Å². The van der Waals surface area contributed by atoms with Crippen LogP contribution >= 0.6 is 0 Å². The molecule has 5 heteroatoms. The number of hydrogen-bond acceptors (Lipinski definition) is 3. The smallest absolute Gasteiger partial charge is 0.251 e. The van der Waals surface area contributed by atoms with Crippen LogP contribution in [0.3, 0.4) is 0 Å². The van der Waals surface area contributed by atoms with Gasteiger partial charge in [-0.2, -0.15) is 0 Å². The van der Waals surface area contributed by atoms with Crippen molar-refractivity contribution in [1.29, 1.82) is 0 Å². The van der Waals surface area contributed by atoms with Crippen LogP contribution in [-0.4, -0.2) is 24.9 Å². The number of rotatable bonds is 7. The molecule has 0 spiro atoms. The Balaban J connectivity index is 1.96. The summed E-state index contributed by atoms with van der Waals surface area (Å²) in [6.45, 7) is 2.93. The van der Waals surface area contributed by atoms with E-state index in [9.17, 15) is 9.59 Å². The van der Waals surface area contributed by atoms with Crippen LogP contribution in [0.4, 0.5) is 0 Å². The number of carbonyl (C=O) groups excluding carboxylic acids is 2. The van der Waals surface area contributed by atoms with Crippen molar-refractivity contribution in [3.8, 4) is 0 Å². The summed E-state index contributed by atoms with van der Waals surface area (Å²) in [6, 6.07) is 16.0. The van der Waals surface area contributed by atoms with E-state index in [1.165, 1.54) is 0 Å². The predicted molar refractivity (Wildman–Crippen MR) is 94.8 cm³/mol. The van der Waals surface area contributed by atoms with E-state index in [0.717, 1.165) is 12.0 Å². The van der Waals surface area contributed by atoms with Gasteiger partial charge in [0.05, 0.1) is 0 Å². The lowest BCUT2D eigenvalue weighted by Gasteiger charge is -2.13. The molecule has 5 nitrogen and oxygen atoms in total. The first kappa shape index (κ1) is 17.7. The molecule has 0 aliphatic heterocycles. The van der Waals surface area contributed by atoms with E-state index in [1.807, 2.05) is 37.3 Å². The largest absolute Gasteiger partial charge is 0.352 e. The third kappa shape index (κ3) is 4.93. The van der Waals surface area contributed by atoms with Gasteiger partial charge in [0.25, 0.3) is 11.8 Å². The van der Waals surface area contributed by atoms with Crippen molar-refractivity contribution in [2.45, 2.75) is 19.4 Å². The maximum atomic E-state index is 12.3. The molecule has 0 radical (unpaired) electrons. The summed E-state index contributed by atoms with van der Waals surface area (Å²) < 4.78 is 0. The summed E-state index contributed by atoms with van der Waals surface area (Å²) in [5.41, 5.74) is 7.96. The Kier molecular flexibility index (Phi) is 6.51. The summed E-state index contributed by atoms with van der Waals surface area (Å²) in [5.74, 6) is -0.418. The van der Waals surface area contributed by atoms with Gasteiger partial charge in [-0.3, -0.25) is 9.59 Å². The van der Waals surface area contributed by atoms with Crippen molar-refractivity contribution in [2.75, 3.05) is 13.1 Å². The molecule has 4 N–H and O–H groups in total. The van der Waals surface area contributed by atoms with Crippen molar-refractivity contribution < 1.29 is 9.59 Å². The van der Waals surface area contributed by atoms with Gasteiger partial charge in [0, 0.05) is 30.3 Å². The van der Waals surface area contributed by atoms with E-state index < -0.39 is 0 Å². The Bertz CT molecular complexity index is 686. The van der Waals surface area contributed by atoms with E-state index in [0.29, 0.717) is 24.2 Å². The molecular weight excluding hydrogens is 302 g/mol. The van der Waals surface area contributed by atoms with Gasteiger partial charge in [-0.1, -0.05) is 43.3 Å². The van der Waals surface area contributed by atoms with Gasteiger partial charge < -0.3 is 16.4 Å². The Morgan fingerprint density at radius 3 is 2.21 bits per heavy atom. The highest BCUT2D eigenvalue weighted by molar-refractivity contribution is 5.99.